The summed E-state index contributed by atoms with van der Waals surface area (Å²) in [6.07, 6.45) is 3.90. The van der Waals surface area contributed by atoms with Gasteiger partial charge in [0.15, 0.2) is 0 Å². The smallest absolute Gasteiger partial charge is 0.283 e. The van der Waals surface area contributed by atoms with Gasteiger partial charge in [-0.2, -0.15) is 0 Å². The number of amides is 1. The first kappa shape index (κ1) is 27.8. The average molecular weight is 580 g/mol. The third kappa shape index (κ3) is 5.78. The van der Waals surface area contributed by atoms with Crippen molar-refractivity contribution in [2.75, 3.05) is 12.4 Å². The van der Waals surface area contributed by atoms with E-state index in [2.05, 4.69) is 25.6 Å². The van der Waals surface area contributed by atoms with Crippen molar-refractivity contribution in [3.05, 3.63) is 88.3 Å². The molecule has 41 heavy (non-hydrogen) atoms. The molecule has 1 unspecified atom stereocenters. The van der Waals surface area contributed by atoms with Crippen LogP contribution < -0.4 is 15.6 Å². The molecule has 5 rings (SSSR count). The molecule has 5 aromatic rings. The number of fused-ring (bicyclic) bond motifs is 1. The van der Waals surface area contributed by atoms with E-state index in [-0.39, 0.29) is 5.75 Å². The van der Waals surface area contributed by atoms with Crippen LogP contribution in [0.2, 0.25) is 5.02 Å². The normalized spacial score (nSPS) is 12.0. The lowest BCUT2D eigenvalue weighted by molar-refractivity contribution is -0.119. The van der Waals surface area contributed by atoms with Crippen molar-refractivity contribution in [3.8, 4) is 22.6 Å². The van der Waals surface area contributed by atoms with Crippen molar-refractivity contribution in [1.82, 2.24) is 29.5 Å². The number of nitrogens with one attached hydrogen (secondary N) is 1. The number of carbonyl (C=O) groups is 1. The van der Waals surface area contributed by atoms with Gasteiger partial charge in [-0.05, 0) is 42.8 Å². The van der Waals surface area contributed by atoms with E-state index in [0.717, 1.165) is 6.20 Å². The summed E-state index contributed by atoms with van der Waals surface area (Å²) in [6, 6.07) is 10.4. The number of pyridine rings is 1. The lowest BCUT2D eigenvalue weighted by Crippen LogP contribution is -2.33. The van der Waals surface area contributed by atoms with Gasteiger partial charge < -0.3 is 10.1 Å². The van der Waals surface area contributed by atoms with Crippen LogP contribution >= 0.6 is 11.6 Å². The van der Waals surface area contributed by atoms with Crippen molar-refractivity contribution in [2.45, 2.75) is 32.2 Å². The summed E-state index contributed by atoms with van der Waals surface area (Å²) in [5, 5.41) is 10.5. The third-order valence-corrected chi connectivity index (χ3v) is 6.67. The van der Waals surface area contributed by atoms with E-state index in [4.69, 9.17) is 16.3 Å². The van der Waals surface area contributed by atoms with Gasteiger partial charge in [0.1, 0.15) is 17.5 Å². The maximum atomic E-state index is 13.5. The number of methoxy groups -OCH3 is 1. The van der Waals surface area contributed by atoms with Crippen molar-refractivity contribution in [1.29, 1.82) is 0 Å². The Morgan fingerprint density at radius 2 is 1.83 bits per heavy atom. The molecule has 0 aliphatic rings. The number of ether oxygens (including phenoxy) is 1. The molecule has 0 radical (unpaired) electrons. The maximum absolute atomic E-state index is 13.5. The summed E-state index contributed by atoms with van der Waals surface area (Å²) in [4.78, 5) is 35.4. The number of hydrogen-bond acceptors (Lipinski definition) is 7. The highest BCUT2D eigenvalue weighted by Crippen LogP contribution is 2.36. The minimum absolute atomic E-state index is 0.261. The Morgan fingerprint density at radius 1 is 1.05 bits per heavy atom. The molecule has 0 aliphatic carbocycles. The van der Waals surface area contributed by atoms with Crippen LogP contribution in [0.5, 0.6) is 5.75 Å². The molecule has 3 aromatic heterocycles. The van der Waals surface area contributed by atoms with Crippen molar-refractivity contribution in [3.63, 3.8) is 0 Å². The zero-order valence-corrected chi connectivity index (χ0v) is 22.7. The second-order valence-corrected chi connectivity index (χ2v) is 9.54. The summed E-state index contributed by atoms with van der Waals surface area (Å²) in [6.45, 7) is 1.91. The fourth-order valence-electron chi connectivity index (χ4n) is 4.50. The van der Waals surface area contributed by atoms with Crippen molar-refractivity contribution in [2.24, 2.45) is 0 Å². The van der Waals surface area contributed by atoms with Gasteiger partial charge >= 0.3 is 0 Å². The van der Waals surface area contributed by atoms with E-state index < -0.39 is 29.6 Å². The van der Waals surface area contributed by atoms with E-state index in [9.17, 15) is 18.4 Å². The molecule has 2 aromatic carbocycles. The first-order valence-corrected chi connectivity index (χ1v) is 13.0. The Hall–Kier alpha value is -4.71. The van der Waals surface area contributed by atoms with Gasteiger partial charge in [0.05, 0.1) is 36.2 Å². The summed E-state index contributed by atoms with van der Waals surface area (Å²) in [5.41, 5.74) is 1.93. The second-order valence-electron chi connectivity index (χ2n) is 9.10. The van der Waals surface area contributed by atoms with Crippen LogP contribution in [0.15, 0.2) is 72.0 Å². The van der Waals surface area contributed by atoms with Crippen LogP contribution in [0.4, 0.5) is 14.5 Å². The topological polar surface area (TPSA) is 117 Å². The first-order chi connectivity index (χ1) is 19.8. The lowest BCUT2D eigenvalue weighted by Gasteiger charge is -2.21. The van der Waals surface area contributed by atoms with Gasteiger partial charge in [-0.1, -0.05) is 30.2 Å². The van der Waals surface area contributed by atoms with Gasteiger partial charge in [0, 0.05) is 40.3 Å². The molecule has 10 nitrogen and oxygen atoms in total. The third-order valence-electron chi connectivity index (χ3n) is 6.43. The number of rotatable bonds is 9. The summed E-state index contributed by atoms with van der Waals surface area (Å²) < 4.78 is 34.5. The van der Waals surface area contributed by atoms with E-state index in [1.165, 1.54) is 28.6 Å². The zero-order valence-electron chi connectivity index (χ0n) is 22.0. The number of anilines is 1. The Labute approximate surface area is 237 Å². The molecular formula is C28H24ClF2N7O3. The zero-order chi connectivity index (χ0) is 29.1. The SMILES string of the molecule is CCCC(C(=O)Nc1ccc2nccnc2c1)n1cc(OC)c(-c2cc(Cl)ccc2-n2cc(C(F)F)nn2)cc1=O. The standard InChI is InChI=1S/C28H24ClF2N7O3/c1-3-4-24(28(40)34-17-6-7-20-21(12-17)33-10-9-32-20)37-15-25(41-2)19(13-26(37)39)18-11-16(29)5-8-23(18)38-14-22(27(30)31)35-36-38/h5-15,24,27H,3-4H2,1-2H3,(H,34,40). The monoisotopic (exact) mass is 579 g/mol. The van der Waals surface area contributed by atoms with Crippen molar-refractivity contribution < 1.29 is 18.3 Å². The van der Waals surface area contributed by atoms with Gasteiger partial charge in [-0.3, -0.25) is 24.1 Å². The quantitative estimate of drug-likeness (QED) is 0.241. The average Bonchev–Trinajstić information content (AvgIpc) is 3.46. The number of benzene rings is 2. The molecule has 210 valence electrons. The fraction of sp³-hybridized carbons (Fsp3) is 0.214. The minimum atomic E-state index is -2.80. The van der Waals surface area contributed by atoms with Crippen molar-refractivity contribution >= 4 is 34.2 Å². The minimum Gasteiger partial charge on any atom is -0.495 e. The highest BCUT2D eigenvalue weighted by atomic mass is 35.5. The first-order valence-electron chi connectivity index (χ1n) is 12.6. The highest BCUT2D eigenvalue weighted by molar-refractivity contribution is 6.31. The van der Waals surface area contributed by atoms with Gasteiger partial charge in [-0.25, -0.2) is 13.5 Å². The molecule has 0 spiro atoms. The molecule has 13 heteroatoms. The Balaban J connectivity index is 1.54. The molecule has 0 aliphatic heterocycles. The van der Waals surface area contributed by atoms with E-state index in [0.29, 0.717) is 51.4 Å². The number of nitrogens with zero attached hydrogens (tertiary/aromatic N) is 6. The van der Waals surface area contributed by atoms with Crippen LogP contribution in [0.3, 0.4) is 0 Å². The summed E-state index contributed by atoms with van der Waals surface area (Å²) >= 11 is 6.27. The molecule has 3 heterocycles. The number of halogens is 3. The molecule has 0 bridgehead atoms. The molecule has 0 fully saturated rings. The van der Waals surface area contributed by atoms with E-state index in [1.807, 2.05) is 6.92 Å². The fourth-order valence-corrected chi connectivity index (χ4v) is 4.67. The van der Waals surface area contributed by atoms with Gasteiger partial charge in [-0.15, -0.1) is 5.10 Å². The van der Waals surface area contributed by atoms with Gasteiger partial charge in [0.2, 0.25) is 5.91 Å². The van der Waals surface area contributed by atoms with Gasteiger partial charge in [0.25, 0.3) is 12.0 Å². The summed E-state index contributed by atoms with van der Waals surface area (Å²) in [7, 11) is 1.42. The summed E-state index contributed by atoms with van der Waals surface area (Å²) in [5.74, 6) is -0.130. The largest absolute Gasteiger partial charge is 0.495 e. The highest BCUT2D eigenvalue weighted by Gasteiger charge is 2.24. The van der Waals surface area contributed by atoms with Crippen LogP contribution in [-0.2, 0) is 4.79 Å². The molecule has 0 saturated heterocycles. The number of alkyl halides is 2. The van der Waals surface area contributed by atoms with Crippen LogP contribution in [-0.4, -0.2) is 42.5 Å². The molecular weight excluding hydrogens is 556 g/mol. The van der Waals surface area contributed by atoms with Crippen LogP contribution in [0, 0.1) is 0 Å². The molecule has 1 N–H and O–H groups in total. The number of aromatic nitrogens is 6. The maximum Gasteiger partial charge on any atom is 0.283 e. The molecule has 0 saturated carbocycles. The van der Waals surface area contributed by atoms with E-state index >= 15 is 0 Å². The lowest BCUT2D eigenvalue weighted by atomic mass is 10.0. The predicted octanol–water partition coefficient (Wildman–Crippen LogP) is 5.62. The van der Waals surface area contributed by atoms with Crippen LogP contribution in [0.25, 0.3) is 27.8 Å². The second kappa shape index (κ2) is 11.8. The van der Waals surface area contributed by atoms with Crippen LogP contribution in [0.1, 0.15) is 37.9 Å². The number of hydrogen-bond donors (Lipinski definition) is 1. The molecule has 1 atom stereocenters. The Kier molecular flexibility index (Phi) is 8.02. The Bertz CT molecular complexity index is 1790. The number of carbonyl (C=O) groups excluding carboxylic acids is 1. The molecule has 1 amide bonds. The van der Waals surface area contributed by atoms with E-state index in [1.54, 1.807) is 48.8 Å². The predicted molar refractivity (Wildman–Crippen MR) is 150 cm³/mol. The Morgan fingerprint density at radius 3 is 2.54 bits per heavy atom.